The SMILES string of the molecule is Cc1ccc(C(=O)c2ccc3n2CCCC3C(=O)O)cc1.[MgH2]. The Morgan fingerprint density at radius 1 is 1.14 bits per heavy atom. The predicted molar refractivity (Wildman–Crippen MR) is 87.2 cm³/mol. The molecule has 22 heavy (non-hydrogen) atoms. The molecule has 1 atom stereocenters. The summed E-state index contributed by atoms with van der Waals surface area (Å²) < 4.78 is 1.87. The predicted octanol–water partition coefficient (Wildman–Crippen LogP) is 2.07. The maximum absolute atomic E-state index is 12.6. The minimum Gasteiger partial charge on any atom is -0.481 e. The molecule has 0 fully saturated rings. The summed E-state index contributed by atoms with van der Waals surface area (Å²) in [5.41, 5.74) is 3.07. The van der Waals surface area contributed by atoms with Crippen molar-refractivity contribution in [3.05, 3.63) is 58.9 Å². The number of nitrogens with zero attached hydrogens (tertiary/aromatic N) is 1. The highest BCUT2D eigenvalue weighted by atomic mass is 24.3. The molecule has 1 aromatic heterocycles. The topological polar surface area (TPSA) is 59.3 Å². The number of carboxylic acid groups (broad SMARTS) is 1. The van der Waals surface area contributed by atoms with Crippen LogP contribution in [0.2, 0.25) is 0 Å². The van der Waals surface area contributed by atoms with E-state index >= 15 is 0 Å². The standard InChI is InChI=1S/C17H17NO3.Mg.2H/c1-11-4-6-12(7-5-11)16(19)15-9-8-14-13(17(20)21)3-2-10-18(14)15;;;/h4-9,13H,2-3,10H2,1H3,(H,20,21);;;. The molecule has 0 saturated heterocycles. The number of hydrogen-bond donors (Lipinski definition) is 1. The Morgan fingerprint density at radius 2 is 1.82 bits per heavy atom. The van der Waals surface area contributed by atoms with Crippen LogP contribution in [0.25, 0.3) is 0 Å². The number of aromatic nitrogens is 1. The van der Waals surface area contributed by atoms with Gasteiger partial charge in [-0.2, -0.15) is 0 Å². The molecular weight excluding hydrogens is 290 g/mol. The van der Waals surface area contributed by atoms with E-state index in [1.807, 2.05) is 35.8 Å². The van der Waals surface area contributed by atoms with E-state index in [1.54, 1.807) is 12.1 Å². The van der Waals surface area contributed by atoms with Crippen molar-refractivity contribution in [1.82, 2.24) is 4.57 Å². The van der Waals surface area contributed by atoms with Crippen molar-refractivity contribution in [1.29, 1.82) is 0 Å². The van der Waals surface area contributed by atoms with Gasteiger partial charge >= 0.3 is 29.0 Å². The monoisotopic (exact) mass is 309 g/mol. The minimum absolute atomic E-state index is 0. The molecule has 1 aliphatic heterocycles. The van der Waals surface area contributed by atoms with Crippen LogP contribution in [-0.2, 0) is 11.3 Å². The Morgan fingerprint density at radius 3 is 2.45 bits per heavy atom. The second kappa shape index (κ2) is 6.67. The molecule has 1 aromatic carbocycles. The molecule has 1 unspecified atom stereocenters. The summed E-state index contributed by atoms with van der Waals surface area (Å²) in [7, 11) is 0. The number of carbonyl (C=O) groups excluding carboxylic acids is 1. The van der Waals surface area contributed by atoms with E-state index in [2.05, 4.69) is 0 Å². The molecule has 5 heteroatoms. The number of carboxylic acids is 1. The third-order valence-electron chi connectivity index (χ3n) is 4.09. The van der Waals surface area contributed by atoms with Gasteiger partial charge in [-0.3, -0.25) is 9.59 Å². The molecule has 112 valence electrons. The number of aliphatic carboxylic acids is 1. The zero-order valence-corrected chi connectivity index (χ0v) is 11.9. The van der Waals surface area contributed by atoms with Crippen molar-refractivity contribution in [2.45, 2.75) is 32.2 Å². The third-order valence-corrected chi connectivity index (χ3v) is 4.09. The van der Waals surface area contributed by atoms with Crippen LogP contribution in [-0.4, -0.2) is 44.5 Å². The van der Waals surface area contributed by atoms with E-state index < -0.39 is 11.9 Å². The van der Waals surface area contributed by atoms with E-state index in [9.17, 15) is 14.7 Å². The zero-order valence-electron chi connectivity index (χ0n) is 11.9. The van der Waals surface area contributed by atoms with E-state index in [0.717, 1.165) is 17.7 Å². The molecule has 0 spiro atoms. The highest BCUT2D eigenvalue weighted by Gasteiger charge is 2.29. The molecule has 0 amide bonds. The number of benzene rings is 1. The summed E-state index contributed by atoms with van der Waals surface area (Å²) in [6.07, 6.45) is 1.42. The van der Waals surface area contributed by atoms with Crippen molar-refractivity contribution < 1.29 is 14.7 Å². The molecule has 2 heterocycles. The number of hydrogen-bond acceptors (Lipinski definition) is 2. The summed E-state index contributed by atoms with van der Waals surface area (Å²) in [6, 6.07) is 11.0. The second-order valence-electron chi connectivity index (χ2n) is 5.52. The zero-order chi connectivity index (χ0) is 15.0. The van der Waals surface area contributed by atoms with Gasteiger partial charge in [0.1, 0.15) is 0 Å². The molecule has 0 radical (unpaired) electrons. The molecule has 1 N–H and O–H groups in total. The highest BCUT2D eigenvalue weighted by molar-refractivity contribution is 6.08. The molecule has 2 aromatic rings. The largest absolute Gasteiger partial charge is 0.481 e. The van der Waals surface area contributed by atoms with Gasteiger partial charge in [-0.1, -0.05) is 29.8 Å². The van der Waals surface area contributed by atoms with Gasteiger partial charge in [-0.15, -0.1) is 0 Å². The Balaban J connectivity index is 0.00000176. The normalized spacial score (nSPS) is 16.5. The summed E-state index contributed by atoms with van der Waals surface area (Å²) in [4.78, 5) is 23.9. The first-order valence-electron chi connectivity index (χ1n) is 7.11. The van der Waals surface area contributed by atoms with Crippen LogP contribution in [0.4, 0.5) is 0 Å². The van der Waals surface area contributed by atoms with Crippen molar-refractivity contribution in [3.63, 3.8) is 0 Å². The van der Waals surface area contributed by atoms with Gasteiger partial charge in [0.05, 0.1) is 11.6 Å². The lowest BCUT2D eigenvalue weighted by molar-refractivity contribution is -0.139. The smallest absolute Gasteiger partial charge is 0.316 e. The van der Waals surface area contributed by atoms with Crippen LogP contribution in [0.5, 0.6) is 0 Å². The van der Waals surface area contributed by atoms with Crippen molar-refractivity contribution in [2.24, 2.45) is 0 Å². The fraction of sp³-hybridized carbons (Fsp3) is 0.294. The first kappa shape index (κ1) is 16.8. The number of carbonyl (C=O) groups is 2. The summed E-state index contributed by atoms with van der Waals surface area (Å²) in [5, 5.41) is 9.28. The van der Waals surface area contributed by atoms with Gasteiger partial charge in [0.25, 0.3) is 0 Å². The van der Waals surface area contributed by atoms with Crippen LogP contribution < -0.4 is 0 Å². The summed E-state index contributed by atoms with van der Waals surface area (Å²) >= 11 is 0. The Labute approximate surface area is 145 Å². The molecule has 1 aliphatic rings. The van der Waals surface area contributed by atoms with E-state index in [-0.39, 0.29) is 28.8 Å². The number of ketones is 1. The molecule has 3 rings (SSSR count). The number of aryl methyl sites for hydroxylation is 1. The third kappa shape index (κ3) is 2.96. The first-order chi connectivity index (χ1) is 10.1. The van der Waals surface area contributed by atoms with Gasteiger partial charge in [-0.25, -0.2) is 0 Å². The molecule has 0 bridgehead atoms. The number of rotatable bonds is 3. The fourth-order valence-corrected chi connectivity index (χ4v) is 2.94. The lowest BCUT2D eigenvalue weighted by atomic mass is 9.96. The maximum atomic E-state index is 12.6. The van der Waals surface area contributed by atoms with E-state index in [1.165, 1.54) is 0 Å². The molecule has 4 nitrogen and oxygen atoms in total. The lowest BCUT2D eigenvalue weighted by Crippen LogP contribution is -2.23. The van der Waals surface area contributed by atoms with E-state index in [4.69, 9.17) is 0 Å². The maximum Gasteiger partial charge on any atom is 0.316 e. The Hall–Kier alpha value is -1.59. The lowest BCUT2D eigenvalue weighted by Gasteiger charge is -2.23. The second-order valence-corrected chi connectivity index (χ2v) is 5.52. The summed E-state index contributed by atoms with van der Waals surface area (Å²) in [5.74, 6) is -1.37. The molecule has 0 aliphatic carbocycles. The molecule has 0 saturated carbocycles. The average molecular weight is 310 g/mol. The first-order valence-corrected chi connectivity index (χ1v) is 7.11. The quantitative estimate of drug-likeness (QED) is 0.697. The fourth-order valence-electron chi connectivity index (χ4n) is 2.94. The van der Waals surface area contributed by atoms with Crippen LogP contribution in [0.15, 0.2) is 36.4 Å². The minimum atomic E-state index is -0.816. The van der Waals surface area contributed by atoms with Crippen molar-refractivity contribution >= 4 is 34.8 Å². The van der Waals surface area contributed by atoms with Gasteiger partial charge in [-0.05, 0) is 31.9 Å². The molecular formula is C17H19MgNO3. The van der Waals surface area contributed by atoms with Gasteiger partial charge in [0.2, 0.25) is 5.78 Å². The van der Waals surface area contributed by atoms with Crippen molar-refractivity contribution in [3.8, 4) is 0 Å². The van der Waals surface area contributed by atoms with Gasteiger partial charge < -0.3 is 9.67 Å². The van der Waals surface area contributed by atoms with Crippen LogP contribution >= 0.6 is 0 Å². The number of fused-ring (bicyclic) bond motifs is 1. The van der Waals surface area contributed by atoms with Crippen LogP contribution in [0.1, 0.15) is 46.1 Å². The Kier molecular flexibility index (Phi) is 5.08. The van der Waals surface area contributed by atoms with Crippen LogP contribution in [0.3, 0.4) is 0 Å². The highest BCUT2D eigenvalue weighted by Crippen LogP contribution is 2.30. The van der Waals surface area contributed by atoms with Crippen molar-refractivity contribution in [2.75, 3.05) is 0 Å². The van der Waals surface area contributed by atoms with Gasteiger partial charge in [0.15, 0.2) is 0 Å². The van der Waals surface area contributed by atoms with Crippen LogP contribution in [0, 0.1) is 6.92 Å². The van der Waals surface area contributed by atoms with E-state index in [0.29, 0.717) is 24.2 Å². The average Bonchev–Trinajstić information content (AvgIpc) is 2.90. The summed E-state index contributed by atoms with van der Waals surface area (Å²) in [6.45, 7) is 2.68. The van der Waals surface area contributed by atoms with Gasteiger partial charge in [0, 0.05) is 17.8 Å². The Bertz CT molecular complexity index is 703.